The van der Waals surface area contributed by atoms with Gasteiger partial charge in [-0.15, -0.1) is 0 Å². The molecule has 0 aromatic heterocycles. The van der Waals surface area contributed by atoms with Crippen molar-refractivity contribution in [2.24, 2.45) is 0 Å². The van der Waals surface area contributed by atoms with Crippen molar-refractivity contribution >= 4 is 0 Å². The monoisotopic (exact) mass is 316 g/mol. The van der Waals surface area contributed by atoms with Gasteiger partial charge in [-0.3, -0.25) is 0 Å². The Balaban J connectivity index is 4.56. The molecule has 13 heteroatoms. The maximum atomic E-state index is 9.68. The van der Waals surface area contributed by atoms with Crippen molar-refractivity contribution in [2.75, 3.05) is 0 Å². The number of nitrogens with zero attached hydrogens (tertiary/aromatic N) is 3. The third-order valence-corrected chi connectivity index (χ3v) is 2.27. The molecule has 0 fully saturated rings. The van der Waals surface area contributed by atoms with E-state index in [-0.39, 0.29) is 0 Å². The van der Waals surface area contributed by atoms with Crippen molar-refractivity contribution in [3.63, 3.8) is 0 Å². The van der Waals surface area contributed by atoms with Crippen molar-refractivity contribution in [1.82, 2.24) is 0 Å². The molecule has 0 saturated carbocycles. The van der Waals surface area contributed by atoms with E-state index < -0.39 is 36.1 Å². The summed E-state index contributed by atoms with van der Waals surface area (Å²) in [4.78, 5) is 29.0. The van der Waals surface area contributed by atoms with Gasteiger partial charge >= 0.3 is 76.6 Å². The predicted octanol–water partition coefficient (Wildman–Crippen LogP) is -4.29. The van der Waals surface area contributed by atoms with Crippen LogP contribution in [0.4, 0.5) is 0 Å². The van der Waals surface area contributed by atoms with Gasteiger partial charge in [-0.05, 0) is 0 Å². The van der Waals surface area contributed by atoms with Gasteiger partial charge in [-0.1, -0.05) is 0 Å². The van der Waals surface area contributed by atoms with Gasteiger partial charge in [0, 0.05) is 0 Å². The first-order valence-corrected chi connectivity index (χ1v) is 4.75. The quantitative estimate of drug-likeness (QED) is 0.268. The molecule has 0 rings (SSSR count). The molecule has 0 saturated heterocycles. The molecule has 0 N–H and O–H groups in total. The first-order chi connectivity index (χ1) is 6.25. The van der Waals surface area contributed by atoms with Crippen LogP contribution in [-0.4, -0.2) is 15.9 Å². The summed E-state index contributed by atoms with van der Waals surface area (Å²) in [6, 6.07) is 0. The van der Waals surface area contributed by atoms with Crippen LogP contribution >= 0.6 is 0 Å². The Morgan fingerprint density at radius 3 is 1.31 bits per heavy atom. The van der Waals surface area contributed by atoms with Crippen LogP contribution in [0.2, 0.25) is 0 Å². The van der Waals surface area contributed by atoms with Crippen LogP contribution in [-0.2, 0) is 9.50 Å². The van der Waals surface area contributed by atoms with Gasteiger partial charge in [-0.25, -0.2) is 0 Å². The Morgan fingerprint density at radius 1 is 0.923 bits per heavy atom. The van der Waals surface area contributed by atoms with Crippen molar-refractivity contribution < 1.29 is 45.6 Å². The summed E-state index contributed by atoms with van der Waals surface area (Å²) in [7, 11) is 0. The van der Waals surface area contributed by atoms with Gasteiger partial charge in [0.1, 0.15) is 0 Å². The number of halogens is 1. The van der Waals surface area contributed by atoms with E-state index in [9.17, 15) is 30.3 Å². The van der Waals surface area contributed by atoms with Crippen molar-refractivity contribution in [2.45, 2.75) is 0 Å². The predicted molar refractivity (Wildman–Crippen MR) is 25.6 cm³/mol. The third kappa shape index (κ3) is 6.72. The number of hydrogen-bond acceptors (Lipinski definition) is 9. The molecule has 0 aliphatic heterocycles. The van der Waals surface area contributed by atoms with E-state index >= 15 is 0 Å². The first-order valence-electron chi connectivity index (χ1n) is 2.48. The summed E-state index contributed by atoms with van der Waals surface area (Å²) in [6.45, 7) is 0. The SMILES string of the molecule is [3H][I-](O[N+](=O)[O-])(O[N+](=O)[O-])O[N+](=O)[O-]. The second kappa shape index (κ2) is 5.06. The van der Waals surface area contributed by atoms with E-state index in [2.05, 4.69) is 9.50 Å². The zero-order valence-electron chi connectivity index (χ0n) is 6.39. The molecular formula is HIN3O9-. The van der Waals surface area contributed by atoms with Gasteiger partial charge in [0.2, 0.25) is 0 Å². The minimum absolute atomic E-state index is 1.64. The molecule has 0 aromatic carbocycles. The van der Waals surface area contributed by atoms with E-state index in [0.29, 0.717) is 0 Å². The molecule has 0 heterocycles. The van der Waals surface area contributed by atoms with Crippen molar-refractivity contribution in [1.29, 1.82) is 0.594 Å². The van der Waals surface area contributed by atoms with E-state index in [4.69, 9.17) is 0.594 Å². The molecule has 0 aliphatic rings. The Bertz CT molecular complexity index is 222. The van der Waals surface area contributed by atoms with Crippen LogP contribution in [0.25, 0.3) is 0 Å². The topological polar surface area (TPSA) is 157 Å². The average Bonchev–Trinajstić information content (AvgIpc) is 1.76. The molecule has 0 amide bonds. The summed E-state index contributed by atoms with van der Waals surface area (Å²) in [6.07, 6.45) is 0. The van der Waals surface area contributed by atoms with E-state index in [0.717, 1.165) is 0 Å². The summed E-state index contributed by atoms with van der Waals surface area (Å²) in [5, 5.41) is 24.1. The Hall–Kier alpha value is -1.67. The Labute approximate surface area is 77.2 Å². The zero-order chi connectivity index (χ0) is 11.4. The normalized spacial score (nSPS) is 12.2. The fourth-order valence-electron chi connectivity index (χ4n) is 0.176. The van der Waals surface area contributed by atoms with Crippen molar-refractivity contribution in [3.05, 3.63) is 30.3 Å². The van der Waals surface area contributed by atoms with Crippen LogP contribution in [0, 0.1) is 30.3 Å². The average molecular weight is 316 g/mol. The summed E-state index contributed by atoms with van der Waals surface area (Å²) >= 11 is -5.73. The van der Waals surface area contributed by atoms with Gasteiger partial charge in [0.25, 0.3) is 0 Å². The first kappa shape index (κ1) is 9.42. The van der Waals surface area contributed by atoms with Gasteiger partial charge in [0.05, 0.1) is 0 Å². The van der Waals surface area contributed by atoms with E-state index in [1.165, 1.54) is 0 Å². The van der Waals surface area contributed by atoms with E-state index in [1.54, 1.807) is 0 Å². The minimum atomic E-state index is -5.73. The zero-order valence-corrected chi connectivity index (χ0v) is 7.55. The fraction of sp³-hybridized carbons (Fsp3) is 0. The molecule has 0 bridgehead atoms. The molecule has 0 aromatic rings. The summed E-state index contributed by atoms with van der Waals surface area (Å²) in [5.41, 5.74) is 0. The van der Waals surface area contributed by atoms with Crippen LogP contribution < -0.4 is 20.9 Å². The Morgan fingerprint density at radius 2 is 1.15 bits per heavy atom. The standard InChI is InChI=1S/HIN3O9/c5-2(6)11-1(12-3(7)8)13-4(9)10/h1H/q-1/i1T. The van der Waals surface area contributed by atoms with Crippen LogP contribution in [0.3, 0.4) is 0 Å². The van der Waals surface area contributed by atoms with Crippen LogP contribution in [0.5, 0.6) is 0 Å². The summed E-state index contributed by atoms with van der Waals surface area (Å²) < 4.78 is 16.6. The molecule has 0 spiro atoms. The molecular weight excluding hydrogens is 313 g/mol. The molecule has 13 heavy (non-hydrogen) atoms. The molecule has 0 atom stereocenters. The third-order valence-electron chi connectivity index (χ3n) is 0.338. The van der Waals surface area contributed by atoms with Gasteiger partial charge in [0.15, 0.2) is 0 Å². The van der Waals surface area contributed by atoms with Gasteiger partial charge < -0.3 is 0 Å². The number of rotatable bonds is 6. The fourth-order valence-corrected chi connectivity index (χ4v) is 1.18. The van der Waals surface area contributed by atoms with Crippen molar-refractivity contribution in [3.8, 4) is 0 Å². The van der Waals surface area contributed by atoms with Crippen LogP contribution in [0.15, 0.2) is 0 Å². The maximum absolute atomic E-state index is 9.68. The molecule has 0 unspecified atom stereocenters. The molecule has 0 radical (unpaired) electrons. The van der Waals surface area contributed by atoms with Crippen LogP contribution in [0.1, 0.15) is 0 Å². The van der Waals surface area contributed by atoms with E-state index in [1.807, 2.05) is 0 Å². The molecule has 12 nitrogen and oxygen atoms in total. The molecule has 78 valence electrons. The van der Waals surface area contributed by atoms with Gasteiger partial charge in [-0.2, -0.15) is 0 Å². The summed E-state index contributed by atoms with van der Waals surface area (Å²) in [5.74, 6) is 0. The Kier molecular flexibility index (Phi) is 3.67. The second-order valence-electron chi connectivity index (χ2n) is 1.07. The second-order valence-corrected chi connectivity index (χ2v) is 3.33. The number of hydrogen-bond donors (Lipinski definition) is 0. The molecule has 0 aliphatic carbocycles.